The molecule has 0 atom stereocenters. The van der Waals surface area contributed by atoms with Gasteiger partial charge in [0.05, 0.1) is 6.54 Å². The normalized spacial score (nSPS) is 13.5. The second-order valence-electron chi connectivity index (χ2n) is 6.30. The van der Waals surface area contributed by atoms with Crippen LogP contribution in [0.25, 0.3) is 0 Å². The average molecular weight is 372 g/mol. The molecule has 0 radical (unpaired) electrons. The minimum absolute atomic E-state index is 0.0959. The number of H-pyrrole nitrogens is 2. The lowest BCUT2D eigenvalue weighted by Crippen LogP contribution is -2.27. The van der Waals surface area contributed by atoms with Crippen molar-refractivity contribution in [2.24, 2.45) is 0 Å². The van der Waals surface area contributed by atoms with E-state index in [1.165, 1.54) is 0 Å². The van der Waals surface area contributed by atoms with E-state index in [-0.39, 0.29) is 24.8 Å². The number of cyclic esters (lactones) is 1. The third-order valence-electron chi connectivity index (χ3n) is 4.29. The quantitative estimate of drug-likeness (QED) is 0.695. The van der Waals surface area contributed by atoms with Crippen LogP contribution in [-0.2, 0) is 22.5 Å². The molecule has 1 saturated heterocycles. The summed E-state index contributed by atoms with van der Waals surface area (Å²) in [5, 5.41) is 2.78. The number of aryl methyl sites for hydroxylation is 1. The predicted octanol–water partition coefficient (Wildman–Crippen LogP) is 0.895. The van der Waals surface area contributed by atoms with E-state index in [4.69, 9.17) is 4.74 Å². The lowest BCUT2D eigenvalue weighted by molar-refractivity contribution is -0.116. The molecule has 142 valence electrons. The molecule has 3 N–H and O–H groups in total. The highest BCUT2D eigenvalue weighted by atomic mass is 16.6. The Morgan fingerprint density at radius 1 is 1.26 bits per heavy atom. The fourth-order valence-electron chi connectivity index (χ4n) is 2.93. The fraction of sp³-hybridized carbons (Fsp3) is 0.333. The lowest BCUT2D eigenvalue weighted by atomic mass is 10.1. The van der Waals surface area contributed by atoms with Gasteiger partial charge in [0.1, 0.15) is 6.61 Å². The molecule has 1 aromatic heterocycles. The average Bonchev–Trinajstić information content (AvgIpc) is 2.99. The van der Waals surface area contributed by atoms with Crippen LogP contribution in [-0.4, -0.2) is 40.0 Å². The minimum atomic E-state index is -0.565. The van der Waals surface area contributed by atoms with Gasteiger partial charge < -0.3 is 19.9 Å². The van der Waals surface area contributed by atoms with Crippen molar-refractivity contribution in [1.29, 1.82) is 0 Å². The first-order chi connectivity index (χ1) is 12.9. The third-order valence-corrected chi connectivity index (χ3v) is 4.29. The number of amides is 2. The summed E-state index contributed by atoms with van der Waals surface area (Å²) in [5.41, 5.74) is 1.27. The molecule has 1 fully saturated rings. The number of carbonyl (C=O) groups excluding carboxylic acids is 2. The molecule has 0 saturated carbocycles. The zero-order valence-corrected chi connectivity index (χ0v) is 14.8. The summed E-state index contributed by atoms with van der Waals surface area (Å²) in [7, 11) is 0. The van der Waals surface area contributed by atoms with Gasteiger partial charge in [-0.15, -0.1) is 0 Å². The van der Waals surface area contributed by atoms with E-state index in [0.717, 1.165) is 5.56 Å². The van der Waals surface area contributed by atoms with Gasteiger partial charge in [-0.25, -0.2) is 9.59 Å². The molecule has 1 aliphatic rings. The number of ether oxygens (including phenoxy) is 1. The lowest BCUT2D eigenvalue weighted by Gasteiger charge is -2.13. The summed E-state index contributed by atoms with van der Waals surface area (Å²) in [5.74, 6) is -0.252. The number of hydrogen-bond acceptors (Lipinski definition) is 5. The number of aromatic nitrogens is 2. The van der Waals surface area contributed by atoms with Crippen molar-refractivity contribution in [3.8, 4) is 0 Å². The van der Waals surface area contributed by atoms with Crippen LogP contribution in [0.5, 0.6) is 0 Å². The first-order valence-electron chi connectivity index (χ1n) is 8.55. The minimum Gasteiger partial charge on any atom is -0.448 e. The second-order valence-corrected chi connectivity index (χ2v) is 6.30. The Labute approximate surface area is 154 Å². The Kier molecular flexibility index (Phi) is 5.39. The van der Waals surface area contributed by atoms with Crippen molar-refractivity contribution >= 4 is 17.7 Å². The number of nitrogens with zero attached hydrogens (tertiary/aromatic N) is 1. The first kappa shape index (κ1) is 18.4. The standard InChI is InChI=1S/C18H20N4O5/c1-11-14(16(24)21-17(25)19-11)5-6-15(23)20-13-4-2-3-12(9-13)10-22-7-8-27-18(22)26/h2-4,9H,5-8,10H2,1H3,(H,20,23)(H2,19,21,24,25). The number of nitrogens with one attached hydrogen (secondary N) is 3. The highest BCUT2D eigenvalue weighted by Gasteiger charge is 2.21. The Balaban J connectivity index is 1.60. The van der Waals surface area contributed by atoms with Gasteiger partial charge in [0.2, 0.25) is 5.91 Å². The topological polar surface area (TPSA) is 124 Å². The van der Waals surface area contributed by atoms with Crippen LogP contribution in [0.15, 0.2) is 33.9 Å². The summed E-state index contributed by atoms with van der Waals surface area (Å²) in [6.45, 7) is 2.96. The fourth-order valence-corrected chi connectivity index (χ4v) is 2.93. The third kappa shape index (κ3) is 4.63. The van der Waals surface area contributed by atoms with E-state index in [1.807, 2.05) is 6.07 Å². The van der Waals surface area contributed by atoms with Gasteiger partial charge in [0, 0.05) is 29.9 Å². The van der Waals surface area contributed by atoms with Gasteiger partial charge in [-0.1, -0.05) is 12.1 Å². The van der Waals surface area contributed by atoms with Gasteiger partial charge in [-0.05, 0) is 31.0 Å². The van der Waals surface area contributed by atoms with Crippen LogP contribution in [0.3, 0.4) is 0 Å². The molecule has 2 heterocycles. The van der Waals surface area contributed by atoms with Crippen molar-refractivity contribution in [3.05, 3.63) is 61.9 Å². The van der Waals surface area contributed by atoms with E-state index in [0.29, 0.717) is 36.6 Å². The smallest absolute Gasteiger partial charge is 0.410 e. The van der Waals surface area contributed by atoms with Gasteiger partial charge in [0.25, 0.3) is 5.56 Å². The molecule has 27 heavy (non-hydrogen) atoms. The van der Waals surface area contributed by atoms with Crippen LogP contribution < -0.4 is 16.6 Å². The number of rotatable bonds is 6. The van der Waals surface area contributed by atoms with Crippen molar-refractivity contribution in [2.45, 2.75) is 26.3 Å². The molecule has 9 heteroatoms. The highest BCUT2D eigenvalue weighted by molar-refractivity contribution is 5.90. The van der Waals surface area contributed by atoms with Crippen molar-refractivity contribution < 1.29 is 14.3 Å². The van der Waals surface area contributed by atoms with E-state index in [2.05, 4.69) is 15.3 Å². The molecular weight excluding hydrogens is 352 g/mol. The van der Waals surface area contributed by atoms with Crippen LogP contribution in [0, 0.1) is 6.92 Å². The molecule has 0 bridgehead atoms. The van der Waals surface area contributed by atoms with Crippen LogP contribution in [0.1, 0.15) is 23.2 Å². The molecule has 0 unspecified atom stereocenters. The van der Waals surface area contributed by atoms with Crippen molar-refractivity contribution in [3.63, 3.8) is 0 Å². The molecular formula is C18H20N4O5. The molecule has 2 amide bonds. The first-order valence-corrected chi connectivity index (χ1v) is 8.55. The number of aromatic amines is 2. The summed E-state index contributed by atoms with van der Waals surface area (Å²) in [6, 6.07) is 7.21. The van der Waals surface area contributed by atoms with Crippen molar-refractivity contribution in [2.75, 3.05) is 18.5 Å². The van der Waals surface area contributed by atoms with Gasteiger partial charge in [-0.2, -0.15) is 0 Å². The Morgan fingerprint density at radius 2 is 2.07 bits per heavy atom. The molecule has 0 aliphatic carbocycles. The summed E-state index contributed by atoms with van der Waals surface area (Å²) >= 11 is 0. The Hall–Kier alpha value is -3.36. The Bertz CT molecular complexity index is 978. The number of anilines is 1. The summed E-state index contributed by atoms with van der Waals surface area (Å²) in [6.07, 6.45) is -0.0345. The number of benzene rings is 1. The zero-order chi connectivity index (χ0) is 19.4. The summed E-state index contributed by atoms with van der Waals surface area (Å²) in [4.78, 5) is 53.0. The molecule has 1 aliphatic heterocycles. The summed E-state index contributed by atoms with van der Waals surface area (Å²) < 4.78 is 4.90. The van der Waals surface area contributed by atoms with Gasteiger partial charge in [-0.3, -0.25) is 14.6 Å². The zero-order valence-electron chi connectivity index (χ0n) is 14.8. The molecule has 1 aromatic carbocycles. The maximum atomic E-state index is 12.2. The predicted molar refractivity (Wildman–Crippen MR) is 97.6 cm³/mol. The van der Waals surface area contributed by atoms with E-state index >= 15 is 0 Å². The monoisotopic (exact) mass is 372 g/mol. The highest BCUT2D eigenvalue weighted by Crippen LogP contribution is 2.15. The maximum Gasteiger partial charge on any atom is 0.410 e. The van der Waals surface area contributed by atoms with Crippen LogP contribution >= 0.6 is 0 Å². The van der Waals surface area contributed by atoms with Crippen LogP contribution in [0.4, 0.5) is 10.5 Å². The molecule has 0 spiro atoms. The Morgan fingerprint density at radius 3 is 2.78 bits per heavy atom. The second kappa shape index (κ2) is 7.90. The van der Waals surface area contributed by atoms with E-state index in [1.54, 1.807) is 30.0 Å². The number of hydrogen-bond donors (Lipinski definition) is 3. The largest absolute Gasteiger partial charge is 0.448 e. The molecule has 3 rings (SSSR count). The van der Waals surface area contributed by atoms with E-state index < -0.39 is 11.2 Å². The van der Waals surface area contributed by atoms with E-state index in [9.17, 15) is 19.2 Å². The maximum absolute atomic E-state index is 12.2. The van der Waals surface area contributed by atoms with Crippen LogP contribution in [0.2, 0.25) is 0 Å². The molecule has 2 aromatic rings. The number of carbonyl (C=O) groups is 2. The SMILES string of the molecule is Cc1[nH]c(=O)[nH]c(=O)c1CCC(=O)Nc1cccc(CN2CCOC2=O)c1. The van der Waals surface area contributed by atoms with Crippen molar-refractivity contribution in [1.82, 2.24) is 14.9 Å². The van der Waals surface area contributed by atoms with Gasteiger partial charge >= 0.3 is 11.8 Å². The molecule has 9 nitrogen and oxygen atoms in total. The van der Waals surface area contributed by atoms with Gasteiger partial charge in [0.15, 0.2) is 0 Å².